The van der Waals surface area contributed by atoms with Crippen molar-refractivity contribution in [2.45, 2.75) is 70.1 Å². The molecule has 0 bridgehead atoms. The molecule has 2 rings (SSSR count). The number of rotatable bonds is 16. The van der Waals surface area contributed by atoms with Gasteiger partial charge in [0.1, 0.15) is 18.1 Å². The summed E-state index contributed by atoms with van der Waals surface area (Å²) in [5, 5.41) is 17.7. The van der Waals surface area contributed by atoms with Gasteiger partial charge in [-0.2, -0.15) is 0 Å². The van der Waals surface area contributed by atoms with E-state index in [1.54, 1.807) is 12.3 Å². The van der Waals surface area contributed by atoms with E-state index in [9.17, 15) is 33.9 Å². The summed E-state index contributed by atoms with van der Waals surface area (Å²) in [6.45, 7) is 3.66. The van der Waals surface area contributed by atoms with Crippen molar-refractivity contribution in [3.8, 4) is 0 Å². The third-order valence-electron chi connectivity index (χ3n) is 6.13. The molecule has 1 heterocycles. The van der Waals surface area contributed by atoms with Gasteiger partial charge in [-0.25, -0.2) is 4.79 Å². The second kappa shape index (κ2) is 14.6. The number of fused-ring (bicyclic) bond motifs is 1. The second-order valence-electron chi connectivity index (χ2n) is 10.00. The minimum absolute atomic E-state index is 0.0147. The van der Waals surface area contributed by atoms with E-state index in [-0.39, 0.29) is 31.6 Å². The number of amides is 5. The lowest BCUT2D eigenvalue weighted by atomic mass is 10.00. The van der Waals surface area contributed by atoms with Gasteiger partial charge in [0.05, 0.1) is 12.5 Å². The van der Waals surface area contributed by atoms with E-state index in [1.807, 2.05) is 32.0 Å². The zero-order valence-electron chi connectivity index (χ0n) is 22.4. The number of carboxylic acids is 1. The van der Waals surface area contributed by atoms with E-state index in [4.69, 9.17) is 17.2 Å². The monoisotopic (exact) mass is 559 g/mol. The van der Waals surface area contributed by atoms with Crippen LogP contribution in [0.2, 0.25) is 0 Å². The van der Waals surface area contributed by atoms with Gasteiger partial charge < -0.3 is 43.2 Å². The topological polar surface area (TPSA) is 253 Å². The first-order valence-corrected chi connectivity index (χ1v) is 12.8. The van der Waals surface area contributed by atoms with Gasteiger partial charge in [-0.3, -0.25) is 24.0 Å². The third kappa shape index (κ3) is 9.69. The molecule has 0 fully saturated rings. The van der Waals surface area contributed by atoms with Crippen molar-refractivity contribution in [3.05, 3.63) is 36.0 Å². The Morgan fingerprint density at radius 1 is 0.875 bits per heavy atom. The Balaban J connectivity index is 2.31. The van der Waals surface area contributed by atoms with E-state index < -0.39 is 66.1 Å². The molecule has 0 saturated carbocycles. The maximum atomic E-state index is 13.4. The Morgan fingerprint density at radius 2 is 1.48 bits per heavy atom. The number of para-hydroxylation sites is 1. The fraction of sp³-hybridized carbons (Fsp3) is 0.462. The molecule has 0 aliphatic rings. The molecule has 2 aromatic rings. The van der Waals surface area contributed by atoms with Crippen LogP contribution in [-0.2, 0) is 35.2 Å². The van der Waals surface area contributed by atoms with Crippen LogP contribution in [0, 0.1) is 5.92 Å². The van der Waals surface area contributed by atoms with Crippen molar-refractivity contribution >= 4 is 46.4 Å². The van der Waals surface area contributed by atoms with Gasteiger partial charge in [0.2, 0.25) is 29.5 Å². The number of H-pyrrole nitrogens is 1. The van der Waals surface area contributed by atoms with Gasteiger partial charge in [0.15, 0.2) is 0 Å². The normalized spacial score (nSPS) is 14.1. The minimum atomic E-state index is -1.61. The van der Waals surface area contributed by atoms with Crippen molar-refractivity contribution < 1.29 is 33.9 Å². The molecule has 4 atom stereocenters. The lowest BCUT2D eigenvalue weighted by Gasteiger charge is -2.26. The summed E-state index contributed by atoms with van der Waals surface area (Å²) in [4.78, 5) is 76.4. The molecule has 14 nitrogen and oxygen atoms in total. The summed E-state index contributed by atoms with van der Waals surface area (Å²) in [7, 11) is 0. The number of carboxylic acid groups (broad SMARTS) is 1. The summed E-state index contributed by atoms with van der Waals surface area (Å²) >= 11 is 0. The molecule has 0 radical (unpaired) electrons. The predicted molar refractivity (Wildman–Crippen MR) is 145 cm³/mol. The molecule has 40 heavy (non-hydrogen) atoms. The van der Waals surface area contributed by atoms with Gasteiger partial charge >= 0.3 is 5.97 Å². The zero-order valence-corrected chi connectivity index (χ0v) is 22.4. The highest BCUT2D eigenvalue weighted by molar-refractivity contribution is 5.95. The predicted octanol–water partition coefficient (Wildman–Crippen LogP) is -1.24. The average Bonchev–Trinajstić information content (AvgIpc) is 3.28. The third-order valence-corrected chi connectivity index (χ3v) is 6.13. The molecule has 0 saturated heterocycles. The Kier molecular flexibility index (Phi) is 11.6. The van der Waals surface area contributed by atoms with Crippen LogP contribution in [0.25, 0.3) is 10.9 Å². The van der Waals surface area contributed by atoms with Crippen LogP contribution in [0.1, 0.15) is 45.1 Å². The van der Waals surface area contributed by atoms with Crippen molar-refractivity contribution in [2.75, 3.05) is 0 Å². The van der Waals surface area contributed by atoms with E-state index >= 15 is 0 Å². The number of carbonyl (C=O) groups excluding carboxylic acids is 5. The molecule has 5 amide bonds. The van der Waals surface area contributed by atoms with Gasteiger partial charge in [-0.1, -0.05) is 32.0 Å². The highest BCUT2D eigenvalue weighted by Crippen LogP contribution is 2.19. The van der Waals surface area contributed by atoms with Crippen LogP contribution in [-0.4, -0.2) is 69.8 Å². The average molecular weight is 560 g/mol. The number of aliphatic carboxylic acids is 1. The minimum Gasteiger partial charge on any atom is -0.480 e. The fourth-order valence-electron chi connectivity index (χ4n) is 4.09. The molecule has 218 valence electrons. The van der Waals surface area contributed by atoms with Crippen molar-refractivity contribution in [1.82, 2.24) is 20.9 Å². The lowest BCUT2D eigenvalue weighted by Crippen LogP contribution is -2.58. The molecule has 14 heteroatoms. The van der Waals surface area contributed by atoms with E-state index in [0.717, 1.165) is 10.9 Å². The summed E-state index contributed by atoms with van der Waals surface area (Å²) in [6.07, 6.45) is 1.05. The molecule has 0 spiro atoms. The maximum absolute atomic E-state index is 13.4. The largest absolute Gasteiger partial charge is 0.480 e. The Morgan fingerprint density at radius 3 is 2.08 bits per heavy atom. The number of primary amides is 2. The quantitative estimate of drug-likeness (QED) is 0.123. The number of hydrogen-bond acceptors (Lipinski definition) is 7. The standard InChI is InChI=1S/C26H37N7O7/c1-13(2)9-18(31-23(36)16(27)7-8-21(28)34)24(37)32-19(25(38)33-20(26(39)40)11-22(29)35)10-14-12-30-17-6-4-3-5-15(14)17/h3-6,12-13,16,18-20,30H,7-11,27H2,1-2H3,(H2,28,34)(H2,29,35)(H,31,36)(H,32,37)(H,33,38)(H,39,40). The Bertz CT molecular complexity index is 1240. The number of hydrogen-bond donors (Lipinski definition) is 8. The van der Waals surface area contributed by atoms with E-state index in [1.165, 1.54) is 0 Å². The molecular weight excluding hydrogens is 522 g/mol. The number of nitrogens with one attached hydrogen (secondary N) is 4. The summed E-state index contributed by atoms with van der Waals surface area (Å²) in [6, 6.07) is 2.20. The van der Waals surface area contributed by atoms with Crippen LogP contribution in [0.4, 0.5) is 0 Å². The highest BCUT2D eigenvalue weighted by Gasteiger charge is 2.32. The molecule has 11 N–H and O–H groups in total. The van der Waals surface area contributed by atoms with Crippen LogP contribution < -0.4 is 33.2 Å². The van der Waals surface area contributed by atoms with E-state index in [0.29, 0.717) is 5.56 Å². The van der Waals surface area contributed by atoms with Gasteiger partial charge in [-0.05, 0) is 30.4 Å². The zero-order chi connectivity index (χ0) is 30.0. The van der Waals surface area contributed by atoms with Gasteiger partial charge in [0.25, 0.3) is 0 Å². The fourth-order valence-corrected chi connectivity index (χ4v) is 4.09. The second-order valence-corrected chi connectivity index (χ2v) is 10.00. The van der Waals surface area contributed by atoms with Crippen LogP contribution in [0.3, 0.4) is 0 Å². The van der Waals surface area contributed by atoms with Crippen molar-refractivity contribution in [1.29, 1.82) is 0 Å². The van der Waals surface area contributed by atoms with Crippen LogP contribution >= 0.6 is 0 Å². The molecule has 0 aliphatic heterocycles. The van der Waals surface area contributed by atoms with Crippen molar-refractivity contribution in [2.24, 2.45) is 23.1 Å². The first-order chi connectivity index (χ1) is 18.8. The molecule has 1 aromatic heterocycles. The summed E-state index contributed by atoms with van der Waals surface area (Å²) in [5.74, 6) is -5.32. The maximum Gasteiger partial charge on any atom is 0.326 e. The Labute approximate surface area is 230 Å². The number of carbonyl (C=O) groups is 6. The molecule has 4 unspecified atom stereocenters. The first kappa shape index (κ1) is 31.8. The highest BCUT2D eigenvalue weighted by atomic mass is 16.4. The molecular formula is C26H37N7O7. The molecule has 1 aromatic carbocycles. The number of benzene rings is 1. The number of aromatic amines is 1. The molecule has 0 aliphatic carbocycles. The van der Waals surface area contributed by atoms with Crippen molar-refractivity contribution in [3.63, 3.8) is 0 Å². The van der Waals surface area contributed by atoms with Gasteiger partial charge in [-0.15, -0.1) is 0 Å². The van der Waals surface area contributed by atoms with E-state index in [2.05, 4.69) is 20.9 Å². The number of aromatic nitrogens is 1. The lowest BCUT2D eigenvalue weighted by molar-refractivity contribution is -0.143. The van der Waals surface area contributed by atoms with Gasteiger partial charge in [0, 0.05) is 29.9 Å². The smallest absolute Gasteiger partial charge is 0.326 e. The van der Waals surface area contributed by atoms with Crippen LogP contribution in [0.15, 0.2) is 30.5 Å². The number of nitrogens with two attached hydrogens (primary N) is 3. The summed E-state index contributed by atoms with van der Waals surface area (Å²) < 4.78 is 0. The first-order valence-electron chi connectivity index (χ1n) is 12.8. The van der Waals surface area contributed by atoms with Crippen LogP contribution in [0.5, 0.6) is 0 Å². The summed E-state index contributed by atoms with van der Waals surface area (Å²) in [5.41, 5.74) is 17.5. The Hall–Kier alpha value is -4.46. The SMILES string of the molecule is CC(C)CC(NC(=O)C(N)CCC(N)=O)C(=O)NC(Cc1c[nH]c2ccccc12)C(=O)NC(CC(N)=O)C(=O)O.